The summed E-state index contributed by atoms with van der Waals surface area (Å²) < 4.78 is 32.2. The number of rotatable bonds is 9. The molecule has 0 spiro atoms. The molecule has 0 saturated carbocycles. The van der Waals surface area contributed by atoms with Crippen molar-refractivity contribution >= 4 is 44.4 Å². The number of fused-ring (bicyclic) bond motifs is 2. The zero-order valence-corrected chi connectivity index (χ0v) is 23.5. The number of methoxy groups -OCH3 is 1. The third-order valence-corrected chi connectivity index (χ3v) is 7.26. The van der Waals surface area contributed by atoms with E-state index >= 15 is 4.39 Å². The number of nitrogens with zero attached hydrogens (tertiary/aromatic N) is 5. The minimum atomic E-state index is -0.736. The van der Waals surface area contributed by atoms with Crippen molar-refractivity contribution in [2.45, 2.75) is 39.4 Å². The number of thiazole rings is 1. The number of hydrogen-bond acceptors (Lipinski definition) is 11. The average Bonchev–Trinajstić information content (AvgIpc) is 3.35. The molecule has 0 radical (unpaired) electrons. The molecule has 2 N–H and O–H groups in total. The summed E-state index contributed by atoms with van der Waals surface area (Å²) in [5.74, 6) is 0.295. The molecule has 2 aromatic carbocycles. The van der Waals surface area contributed by atoms with E-state index in [1.54, 1.807) is 26.1 Å². The molecule has 1 amide bonds. The number of aliphatic hydroxyl groups is 1. The Kier molecular flexibility index (Phi) is 8.17. The van der Waals surface area contributed by atoms with Crippen molar-refractivity contribution < 1.29 is 28.5 Å². The Morgan fingerprint density at radius 3 is 2.56 bits per heavy atom. The lowest BCUT2D eigenvalue weighted by Gasteiger charge is -2.22. The summed E-state index contributed by atoms with van der Waals surface area (Å²) in [6, 6.07) is 6.80. The summed E-state index contributed by atoms with van der Waals surface area (Å²) in [4.78, 5) is 34.1. The smallest absolute Gasteiger partial charge is 0.412 e. The monoisotopic (exact) mass is 578 g/mol. The normalized spacial score (nSPS) is 12.7. The van der Waals surface area contributed by atoms with Gasteiger partial charge in [-0.25, -0.2) is 34.1 Å². The van der Waals surface area contributed by atoms with Crippen LogP contribution in [0, 0.1) is 12.7 Å². The van der Waals surface area contributed by atoms with Crippen LogP contribution in [0.25, 0.3) is 31.8 Å². The van der Waals surface area contributed by atoms with E-state index in [-0.39, 0.29) is 12.4 Å². The number of carbonyl (C=O) groups is 1. The van der Waals surface area contributed by atoms with Gasteiger partial charge in [0, 0.05) is 24.1 Å². The molecule has 2 atom stereocenters. The van der Waals surface area contributed by atoms with Crippen molar-refractivity contribution in [3.8, 4) is 22.2 Å². The van der Waals surface area contributed by atoms with Crippen LogP contribution in [0.5, 0.6) is 11.6 Å². The molecule has 11 nitrogen and oxygen atoms in total. The Hall–Kier alpha value is -4.49. The topological polar surface area (TPSA) is 141 Å². The minimum Gasteiger partial charge on any atom is -0.484 e. The van der Waals surface area contributed by atoms with Gasteiger partial charge in [0.2, 0.25) is 5.88 Å². The number of aliphatic hydroxyl groups excluding tert-OH is 1. The van der Waals surface area contributed by atoms with Crippen LogP contribution in [0.3, 0.4) is 0 Å². The Labute approximate surface area is 238 Å². The molecule has 3 aromatic heterocycles. The molecule has 0 saturated heterocycles. The highest BCUT2D eigenvalue weighted by Gasteiger charge is 2.22. The van der Waals surface area contributed by atoms with E-state index in [2.05, 4.69) is 30.2 Å². The van der Waals surface area contributed by atoms with E-state index in [1.807, 2.05) is 19.1 Å². The summed E-state index contributed by atoms with van der Waals surface area (Å²) in [7, 11) is 1.53. The van der Waals surface area contributed by atoms with Crippen LogP contribution in [0.4, 0.5) is 14.9 Å². The molecule has 5 rings (SSSR count). The summed E-state index contributed by atoms with van der Waals surface area (Å²) in [5, 5.41) is 12.2. The fourth-order valence-corrected chi connectivity index (χ4v) is 4.99. The van der Waals surface area contributed by atoms with Crippen molar-refractivity contribution in [1.29, 1.82) is 0 Å². The van der Waals surface area contributed by atoms with Crippen LogP contribution in [0.15, 0.2) is 42.9 Å². The number of nitrogens with one attached hydrogen (secondary N) is 1. The number of hydrogen-bond donors (Lipinski definition) is 2. The van der Waals surface area contributed by atoms with Gasteiger partial charge < -0.3 is 19.3 Å². The number of amides is 1. The number of ether oxygens (including phenoxy) is 3. The van der Waals surface area contributed by atoms with Gasteiger partial charge in [-0.15, -0.1) is 11.3 Å². The molecule has 0 bridgehead atoms. The standard InChI is InChI=1S/C28H27FN6O5S/c1-14-7-18(26-21(8-14)34-25(38-4)13-32-26)27-35-20-9-19(29)22(10-23(20)41-27)39-15(2)16(3)40-28(37)33-17-11-30-24(5-6-36)31-12-17/h7-13,15-16,36H,5-6H2,1-4H3,(H,33,37)/t15-,16+/m0/s1. The lowest BCUT2D eigenvalue weighted by molar-refractivity contribution is 0.0402. The first-order valence-electron chi connectivity index (χ1n) is 12.7. The molecular weight excluding hydrogens is 551 g/mol. The summed E-state index contributed by atoms with van der Waals surface area (Å²) in [6.45, 7) is 5.21. The Balaban J connectivity index is 1.30. The van der Waals surface area contributed by atoms with Crippen molar-refractivity contribution in [2.75, 3.05) is 19.0 Å². The molecule has 0 fully saturated rings. The highest BCUT2D eigenvalue weighted by atomic mass is 32.1. The number of carbonyl (C=O) groups excluding carboxylic acids is 1. The van der Waals surface area contributed by atoms with Gasteiger partial charge in [0.15, 0.2) is 11.6 Å². The molecule has 0 aliphatic rings. The highest BCUT2D eigenvalue weighted by Crippen LogP contribution is 2.37. The summed E-state index contributed by atoms with van der Waals surface area (Å²) in [5.41, 5.74) is 3.91. The van der Waals surface area contributed by atoms with Crippen molar-refractivity contribution in [2.24, 2.45) is 0 Å². The van der Waals surface area contributed by atoms with Crippen LogP contribution in [-0.2, 0) is 11.2 Å². The second-order valence-corrected chi connectivity index (χ2v) is 10.3. The van der Waals surface area contributed by atoms with Crippen LogP contribution in [0.1, 0.15) is 25.2 Å². The SMILES string of the molecule is COc1cnc2c(-c3nc4cc(F)c(O[C@@H](C)[C@@H](C)OC(=O)Nc5cnc(CCO)nc5)cc4s3)cc(C)cc2n1. The lowest BCUT2D eigenvalue weighted by atomic mass is 10.1. The van der Waals surface area contributed by atoms with Gasteiger partial charge in [-0.3, -0.25) is 5.32 Å². The van der Waals surface area contributed by atoms with Crippen molar-refractivity contribution in [1.82, 2.24) is 24.9 Å². The molecule has 41 heavy (non-hydrogen) atoms. The zero-order valence-electron chi connectivity index (χ0n) is 22.7. The maximum absolute atomic E-state index is 15.0. The lowest BCUT2D eigenvalue weighted by Crippen LogP contribution is -2.32. The fraction of sp³-hybridized carbons (Fsp3) is 0.286. The van der Waals surface area contributed by atoms with Crippen molar-refractivity contribution in [3.05, 3.63) is 60.1 Å². The van der Waals surface area contributed by atoms with Gasteiger partial charge in [0.25, 0.3) is 0 Å². The fourth-order valence-electron chi connectivity index (χ4n) is 4.00. The molecule has 0 unspecified atom stereocenters. The van der Waals surface area contributed by atoms with E-state index in [4.69, 9.17) is 19.3 Å². The molecular formula is C28H27FN6O5S. The largest absolute Gasteiger partial charge is 0.484 e. The van der Waals surface area contributed by atoms with Gasteiger partial charge in [-0.1, -0.05) is 0 Å². The van der Waals surface area contributed by atoms with Gasteiger partial charge >= 0.3 is 6.09 Å². The molecule has 5 aromatic rings. The predicted octanol–water partition coefficient (Wildman–Crippen LogP) is 5.09. The van der Waals surface area contributed by atoms with Crippen LogP contribution in [0.2, 0.25) is 0 Å². The predicted molar refractivity (Wildman–Crippen MR) is 152 cm³/mol. The van der Waals surface area contributed by atoms with E-state index in [0.717, 1.165) is 15.8 Å². The summed E-state index contributed by atoms with van der Waals surface area (Å²) >= 11 is 1.38. The first kappa shape index (κ1) is 28.1. The quantitative estimate of drug-likeness (QED) is 0.243. The third kappa shape index (κ3) is 6.31. The minimum absolute atomic E-state index is 0.0163. The second kappa shape index (κ2) is 11.9. The maximum atomic E-state index is 15.0. The van der Waals surface area contributed by atoms with E-state index in [1.165, 1.54) is 36.9 Å². The van der Waals surface area contributed by atoms with E-state index in [0.29, 0.717) is 45.4 Å². The average molecular weight is 579 g/mol. The third-order valence-electron chi connectivity index (χ3n) is 6.20. The van der Waals surface area contributed by atoms with Crippen molar-refractivity contribution in [3.63, 3.8) is 0 Å². The molecule has 212 valence electrons. The first-order chi connectivity index (χ1) is 19.7. The van der Waals surface area contributed by atoms with Crippen LogP contribution in [-0.4, -0.2) is 62.0 Å². The molecule has 0 aliphatic carbocycles. The van der Waals surface area contributed by atoms with Gasteiger partial charge in [0.1, 0.15) is 23.0 Å². The van der Waals surface area contributed by atoms with E-state index < -0.39 is 24.1 Å². The molecule has 0 aliphatic heterocycles. The maximum Gasteiger partial charge on any atom is 0.412 e. The Morgan fingerprint density at radius 1 is 1.05 bits per heavy atom. The molecule has 3 heterocycles. The number of aryl methyl sites for hydroxylation is 1. The number of halogens is 1. The second-order valence-electron chi connectivity index (χ2n) is 9.28. The molecule has 13 heteroatoms. The number of anilines is 1. The Morgan fingerprint density at radius 2 is 1.83 bits per heavy atom. The zero-order chi connectivity index (χ0) is 29.1. The first-order valence-corrected chi connectivity index (χ1v) is 13.5. The van der Waals surface area contributed by atoms with Gasteiger partial charge in [0.05, 0.1) is 59.2 Å². The van der Waals surface area contributed by atoms with Gasteiger partial charge in [-0.2, -0.15) is 0 Å². The van der Waals surface area contributed by atoms with E-state index in [9.17, 15) is 4.79 Å². The van der Waals surface area contributed by atoms with Crippen LogP contribution >= 0.6 is 11.3 Å². The van der Waals surface area contributed by atoms with Gasteiger partial charge in [-0.05, 0) is 38.5 Å². The summed E-state index contributed by atoms with van der Waals surface area (Å²) in [6.07, 6.45) is 2.57. The Bertz CT molecular complexity index is 1710. The van der Waals surface area contributed by atoms with Crippen LogP contribution < -0.4 is 14.8 Å². The number of benzene rings is 2. The number of aromatic nitrogens is 5. The highest BCUT2D eigenvalue weighted by molar-refractivity contribution is 7.21.